The van der Waals surface area contributed by atoms with Crippen LogP contribution in [-0.2, 0) is 20.1 Å². The third-order valence-corrected chi connectivity index (χ3v) is 7.92. The molecule has 31 heavy (non-hydrogen) atoms. The van der Waals surface area contributed by atoms with Crippen LogP contribution in [-0.4, -0.2) is 61.4 Å². The Hall–Kier alpha value is -2.18. The van der Waals surface area contributed by atoms with Crippen LogP contribution in [0, 0.1) is 5.41 Å². The van der Waals surface area contributed by atoms with Gasteiger partial charge in [0, 0.05) is 62.3 Å². The van der Waals surface area contributed by atoms with Crippen LogP contribution >= 0.6 is 0 Å². The highest BCUT2D eigenvalue weighted by molar-refractivity contribution is 5.83. The zero-order chi connectivity index (χ0) is 21.6. The molecule has 2 aliphatic heterocycles. The molecule has 0 N–H and O–H groups in total. The number of likely N-dealkylation sites (tertiary alicyclic amines) is 2. The number of fused-ring (bicyclic) bond motifs is 1. The predicted octanol–water partition coefficient (Wildman–Crippen LogP) is 3.88. The van der Waals surface area contributed by atoms with Crippen molar-refractivity contribution in [2.45, 2.75) is 58.7 Å². The maximum atomic E-state index is 4.54. The first-order valence-corrected chi connectivity index (χ1v) is 11.9. The Morgan fingerprint density at radius 3 is 2.61 bits per heavy atom. The summed E-state index contributed by atoms with van der Waals surface area (Å²) in [6, 6.07) is 9.42. The van der Waals surface area contributed by atoms with Crippen LogP contribution in [0.4, 0.5) is 0 Å². The van der Waals surface area contributed by atoms with Crippen molar-refractivity contribution in [3.63, 3.8) is 0 Å². The van der Waals surface area contributed by atoms with E-state index in [0.717, 1.165) is 32.7 Å². The zero-order valence-electron chi connectivity index (χ0n) is 19.5. The molecule has 0 radical (unpaired) electrons. The molecular formula is C25H36N6. The van der Waals surface area contributed by atoms with Crippen LogP contribution in [0.3, 0.4) is 0 Å². The maximum Gasteiger partial charge on any atom is 0.137 e. The van der Waals surface area contributed by atoms with E-state index in [-0.39, 0.29) is 0 Å². The van der Waals surface area contributed by atoms with E-state index >= 15 is 0 Å². The standard InChI is InChI=1S/C25H36N6/c1-5-30-15-20(21-8-6-7-9-23(21)30)14-29-12-10-25(11-13-29)17-31(19(2)3)16-22(25)24-27-26-18-28(24)4/h6-9,15,18-19,22H,5,10-14,16-17H2,1-4H3. The molecule has 0 aliphatic carbocycles. The Bertz CT molecular complexity index is 1040. The lowest BCUT2D eigenvalue weighted by molar-refractivity contribution is 0.0868. The summed E-state index contributed by atoms with van der Waals surface area (Å²) in [6.45, 7) is 13.6. The fraction of sp³-hybridized carbons (Fsp3) is 0.600. The average molecular weight is 421 g/mol. The van der Waals surface area contributed by atoms with Crippen molar-refractivity contribution in [1.29, 1.82) is 0 Å². The number of hydrogen-bond donors (Lipinski definition) is 0. The van der Waals surface area contributed by atoms with Crippen LogP contribution < -0.4 is 0 Å². The summed E-state index contributed by atoms with van der Waals surface area (Å²) in [6.07, 6.45) is 6.70. The number of aryl methyl sites for hydroxylation is 2. The Balaban J connectivity index is 1.35. The molecule has 0 amide bonds. The first-order chi connectivity index (χ1) is 15.0. The number of rotatable bonds is 5. The summed E-state index contributed by atoms with van der Waals surface area (Å²) in [5, 5.41) is 10.2. The molecule has 4 heterocycles. The quantitative estimate of drug-likeness (QED) is 0.628. The Morgan fingerprint density at radius 1 is 1.16 bits per heavy atom. The number of piperidine rings is 1. The molecule has 2 aromatic heterocycles. The fourth-order valence-corrected chi connectivity index (χ4v) is 5.98. The normalized spacial score (nSPS) is 22.3. The largest absolute Gasteiger partial charge is 0.347 e. The SMILES string of the molecule is CCn1cc(CN2CCC3(CC2)CN(C(C)C)CC3c2nncn2C)c2ccccc21. The lowest BCUT2D eigenvalue weighted by atomic mass is 9.70. The van der Waals surface area contributed by atoms with Gasteiger partial charge in [-0.25, -0.2) is 0 Å². The highest BCUT2D eigenvalue weighted by Crippen LogP contribution is 2.49. The van der Waals surface area contributed by atoms with Gasteiger partial charge in [-0.05, 0) is 63.7 Å². The highest BCUT2D eigenvalue weighted by Gasteiger charge is 2.50. The molecule has 6 heteroatoms. The summed E-state index contributed by atoms with van der Waals surface area (Å²) >= 11 is 0. The first kappa shape index (κ1) is 20.7. The van der Waals surface area contributed by atoms with E-state index in [9.17, 15) is 0 Å². The van der Waals surface area contributed by atoms with E-state index < -0.39 is 0 Å². The number of hydrogen-bond acceptors (Lipinski definition) is 4. The summed E-state index contributed by atoms with van der Waals surface area (Å²) in [4.78, 5) is 5.32. The van der Waals surface area contributed by atoms with Gasteiger partial charge in [0.1, 0.15) is 12.2 Å². The van der Waals surface area contributed by atoms with Crippen molar-refractivity contribution in [2.75, 3.05) is 26.2 Å². The van der Waals surface area contributed by atoms with Gasteiger partial charge < -0.3 is 9.13 Å². The number of nitrogens with zero attached hydrogens (tertiary/aromatic N) is 6. The summed E-state index contributed by atoms with van der Waals surface area (Å²) < 4.78 is 4.53. The molecule has 0 bridgehead atoms. The number of aromatic nitrogens is 4. The molecule has 1 atom stereocenters. The van der Waals surface area contributed by atoms with Gasteiger partial charge in [-0.2, -0.15) is 0 Å². The van der Waals surface area contributed by atoms with E-state index in [1.54, 1.807) is 0 Å². The third kappa shape index (κ3) is 3.60. The minimum absolute atomic E-state index is 0.318. The second-order valence-electron chi connectivity index (χ2n) is 9.97. The van der Waals surface area contributed by atoms with Crippen LogP contribution in [0.25, 0.3) is 10.9 Å². The van der Waals surface area contributed by atoms with Crippen molar-refractivity contribution in [3.8, 4) is 0 Å². The second kappa shape index (κ2) is 8.06. The molecule has 2 aliphatic rings. The molecule has 0 saturated carbocycles. The maximum absolute atomic E-state index is 4.54. The van der Waals surface area contributed by atoms with E-state index in [2.05, 4.69) is 87.4 Å². The monoisotopic (exact) mass is 420 g/mol. The van der Waals surface area contributed by atoms with Crippen molar-refractivity contribution in [1.82, 2.24) is 29.1 Å². The van der Waals surface area contributed by atoms with Crippen LogP contribution in [0.15, 0.2) is 36.8 Å². The molecule has 1 aromatic carbocycles. The Kier molecular flexibility index (Phi) is 5.39. The minimum atomic E-state index is 0.318. The number of para-hydroxylation sites is 1. The molecule has 6 nitrogen and oxygen atoms in total. The van der Waals surface area contributed by atoms with Crippen molar-refractivity contribution < 1.29 is 0 Å². The summed E-state index contributed by atoms with van der Waals surface area (Å²) in [5.74, 6) is 1.65. The smallest absolute Gasteiger partial charge is 0.137 e. The summed E-state index contributed by atoms with van der Waals surface area (Å²) in [5.41, 5.74) is 3.14. The zero-order valence-corrected chi connectivity index (χ0v) is 19.5. The van der Waals surface area contributed by atoms with Crippen molar-refractivity contribution in [3.05, 3.63) is 48.2 Å². The van der Waals surface area contributed by atoms with Gasteiger partial charge >= 0.3 is 0 Å². The van der Waals surface area contributed by atoms with Gasteiger partial charge in [0.05, 0.1) is 0 Å². The van der Waals surface area contributed by atoms with Gasteiger partial charge in [-0.1, -0.05) is 18.2 Å². The van der Waals surface area contributed by atoms with Crippen LogP contribution in [0.5, 0.6) is 0 Å². The van der Waals surface area contributed by atoms with E-state index in [1.807, 2.05) is 6.33 Å². The van der Waals surface area contributed by atoms with Gasteiger partial charge in [-0.3, -0.25) is 9.80 Å². The lowest BCUT2D eigenvalue weighted by Crippen LogP contribution is -2.44. The van der Waals surface area contributed by atoms with E-state index in [0.29, 0.717) is 17.4 Å². The van der Waals surface area contributed by atoms with Crippen LogP contribution in [0.2, 0.25) is 0 Å². The van der Waals surface area contributed by atoms with E-state index in [1.165, 1.54) is 41.7 Å². The number of benzene rings is 1. The Labute approximate surface area is 185 Å². The molecule has 1 unspecified atom stereocenters. The molecule has 3 aromatic rings. The van der Waals surface area contributed by atoms with Gasteiger partial charge in [0.2, 0.25) is 0 Å². The topological polar surface area (TPSA) is 42.1 Å². The molecular weight excluding hydrogens is 384 g/mol. The van der Waals surface area contributed by atoms with Crippen molar-refractivity contribution >= 4 is 10.9 Å². The Morgan fingerprint density at radius 2 is 1.94 bits per heavy atom. The third-order valence-electron chi connectivity index (χ3n) is 7.92. The molecule has 1 spiro atoms. The second-order valence-corrected chi connectivity index (χ2v) is 9.97. The predicted molar refractivity (Wildman–Crippen MR) is 125 cm³/mol. The average Bonchev–Trinajstić information content (AvgIpc) is 3.46. The lowest BCUT2D eigenvalue weighted by Gasteiger charge is -2.42. The van der Waals surface area contributed by atoms with Crippen LogP contribution in [0.1, 0.15) is 50.9 Å². The summed E-state index contributed by atoms with van der Waals surface area (Å²) in [7, 11) is 2.10. The molecule has 5 rings (SSSR count). The van der Waals surface area contributed by atoms with Gasteiger partial charge in [-0.15, -0.1) is 10.2 Å². The van der Waals surface area contributed by atoms with Gasteiger partial charge in [0.25, 0.3) is 0 Å². The van der Waals surface area contributed by atoms with Crippen molar-refractivity contribution in [2.24, 2.45) is 12.5 Å². The molecule has 166 valence electrons. The first-order valence-electron chi connectivity index (χ1n) is 11.9. The van der Waals surface area contributed by atoms with Gasteiger partial charge in [0.15, 0.2) is 0 Å². The fourth-order valence-electron chi connectivity index (χ4n) is 5.98. The van der Waals surface area contributed by atoms with E-state index in [4.69, 9.17) is 0 Å². The molecule has 2 saturated heterocycles. The highest BCUT2D eigenvalue weighted by atomic mass is 15.3. The minimum Gasteiger partial charge on any atom is -0.347 e. The molecule has 2 fully saturated rings.